The second kappa shape index (κ2) is 10.1. The average molecular weight is 490 g/mol. The first-order valence-corrected chi connectivity index (χ1v) is 12.6. The van der Waals surface area contributed by atoms with Crippen LogP contribution in [0.15, 0.2) is 30.5 Å². The minimum atomic E-state index is 0.0529. The maximum atomic E-state index is 9.09. The quantitative estimate of drug-likeness (QED) is 0.493. The van der Waals surface area contributed by atoms with E-state index in [1.165, 1.54) is 18.4 Å². The molecule has 3 aliphatic heterocycles. The Morgan fingerprint density at radius 2 is 1.92 bits per heavy atom. The largest absolute Gasteiger partial charge is 0.493 e. The summed E-state index contributed by atoms with van der Waals surface area (Å²) in [5, 5.41) is 10.2. The molecule has 2 aromatic heterocycles. The Bertz CT molecular complexity index is 1290. The number of methoxy groups -OCH3 is 1. The number of nitrogens with one attached hydrogen (secondary N) is 1. The van der Waals surface area contributed by atoms with Crippen molar-refractivity contribution >= 4 is 11.0 Å². The molecule has 36 heavy (non-hydrogen) atoms. The predicted molar refractivity (Wildman–Crippen MR) is 135 cm³/mol. The van der Waals surface area contributed by atoms with E-state index in [1.54, 1.807) is 13.3 Å². The van der Waals surface area contributed by atoms with Crippen molar-refractivity contribution in [1.29, 1.82) is 0 Å². The molecule has 2 N–H and O–H groups in total. The van der Waals surface area contributed by atoms with Gasteiger partial charge in [0.1, 0.15) is 11.8 Å². The number of rotatable bonds is 7. The number of morpholine rings is 1. The van der Waals surface area contributed by atoms with Gasteiger partial charge in [-0.25, -0.2) is 4.98 Å². The minimum Gasteiger partial charge on any atom is -0.493 e. The SMILES string of the molecule is COc1cc(-c2[nH]c3ncc(C#CCCO)cc3c2CN2C3CCC2COC3)ccc1OC1COC1. The van der Waals surface area contributed by atoms with Crippen LogP contribution in [0.1, 0.15) is 30.4 Å². The van der Waals surface area contributed by atoms with Crippen LogP contribution >= 0.6 is 0 Å². The summed E-state index contributed by atoms with van der Waals surface area (Å²) in [6.07, 6.45) is 4.64. The Kier molecular flexibility index (Phi) is 6.55. The van der Waals surface area contributed by atoms with Gasteiger partial charge in [0.05, 0.1) is 45.8 Å². The van der Waals surface area contributed by atoms with Crippen molar-refractivity contribution in [3.8, 4) is 34.6 Å². The molecule has 0 spiro atoms. The third-order valence-corrected chi connectivity index (χ3v) is 7.31. The van der Waals surface area contributed by atoms with Gasteiger partial charge in [0.15, 0.2) is 11.5 Å². The Labute approximate surface area is 210 Å². The molecule has 6 rings (SSSR count). The lowest BCUT2D eigenvalue weighted by atomic mass is 10.0. The van der Waals surface area contributed by atoms with Gasteiger partial charge >= 0.3 is 0 Å². The van der Waals surface area contributed by atoms with Crippen molar-refractivity contribution in [2.45, 2.75) is 44.0 Å². The molecule has 8 heteroatoms. The first kappa shape index (κ1) is 23.3. The van der Waals surface area contributed by atoms with Crippen molar-refractivity contribution < 1.29 is 24.1 Å². The second-order valence-corrected chi connectivity index (χ2v) is 9.61. The molecule has 0 radical (unpaired) electrons. The highest BCUT2D eigenvalue weighted by molar-refractivity contribution is 5.89. The average Bonchev–Trinajstić information content (AvgIpc) is 3.32. The smallest absolute Gasteiger partial charge is 0.161 e. The number of ether oxygens (including phenoxy) is 4. The van der Waals surface area contributed by atoms with E-state index in [4.69, 9.17) is 29.0 Å². The van der Waals surface area contributed by atoms with E-state index in [1.807, 2.05) is 12.1 Å². The van der Waals surface area contributed by atoms with Crippen molar-refractivity contribution in [3.05, 3.63) is 41.6 Å². The molecule has 3 aliphatic rings. The highest BCUT2D eigenvalue weighted by Crippen LogP contribution is 2.39. The summed E-state index contributed by atoms with van der Waals surface area (Å²) in [5.74, 6) is 7.56. The topological polar surface area (TPSA) is 89.1 Å². The summed E-state index contributed by atoms with van der Waals surface area (Å²) in [6, 6.07) is 9.06. The van der Waals surface area contributed by atoms with E-state index in [-0.39, 0.29) is 12.7 Å². The molecule has 8 nitrogen and oxygen atoms in total. The van der Waals surface area contributed by atoms with E-state index >= 15 is 0 Å². The summed E-state index contributed by atoms with van der Waals surface area (Å²) in [7, 11) is 1.67. The van der Waals surface area contributed by atoms with Gasteiger partial charge in [-0.15, -0.1) is 0 Å². The van der Waals surface area contributed by atoms with Crippen LogP contribution in [0, 0.1) is 11.8 Å². The fourth-order valence-corrected chi connectivity index (χ4v) is 5.36. The summed E-state index contributed by atoms with van der Waals surface area (Å²) in [6.45, 7) is 3.65. The third kappa shape index (κ3) is 4.44. The molecule has 2 atom stereocenters. The van der Waals surface area contributed by atoms with E-state index < -0.39 is 0 Å². The number of pyridine rings is 1. The number of fused-ring (bicyclic) bond motifs is 3. The number of aromatic amines is 1. The maximum absolute atomic E-state index is 9.09. The van der Waals surface area contributed by atoms with Crippen LogP contribution in [-0.2, 0) is 16.0 Å². The zero-order chi connectivity index (χ0) is 24.5. The Balaban J connectivity index is 1.41. The Hall–Kier alpha value is -3.09. The molecule has 0 saturated carbocycles. The standard InChI is InChI=1S/C28H31N3O5/c1-33-26-11-19(5-8-25(26)36-22-16-35-17-22)27-24(13-31-20-6-7-21(31)15-34-14-20)23-10-18(4-2-3-9-32)12-29-28(23)30-27/h5,8,10-12,20-22,32H,3,6-7,9,13-17H2,1H3,(H,29,30). The number of nitrogens with zero attached hydrogens (tertiary/aromatic N) is 2. The zero-order valence-corrected chi connectivity index (χ0v) is 20.5. The molecular formula is C28H31N3O5. The first-order valence-electron chi connectivity index (χ1n) is 12.6. The lowest BCUT2D eigenvalue weighted by Gasteiger charge is -2.34. The van der Waals surface area contributed by atoms with E-state index in [0.29, 0.717) is 37.5 Å². The molecule has 3 fully saturated rings. The fraction of sp³-hybridized carbons (Fsp3) is 0.464. The number of aromatic nitrogens is 2. The van der Waals surface area contributed by atoms with Crippen LogP contribution in [0.3, 0.4) is 0 Å². The first-order chi connectivity index (χ1) is 17.7. The highest BCUT2D eigenvalue weighted by Gasteiger charge is 2.38. The number of hydrogen-bond acceptors (Lipinski definition) is 7. The molecular weight excluding hydrogens is 458 g/mol. The van der Waals surface area contributed by atoms with Crippen molar-refractivity contribution in [2.75, 3.05) is 40.1 Å². The monoisotopic (exact) mass is 489 g/mol. The molecule has 0 amide bonds. The van der Waals surface area contributed by atoms with Gasteiger partial charge < -0.3 is 29.0 Å². The van der Waals surface area contributed by atoms with Gasteiger partial charge in [-0.3, -0.25) is 4.90 Å². The molecule has 2 bridgehead atoms. The van der Waals surface area contributed by atoms with Gasteiger partial charge in [0.25, 0.3) is 0 Å². The summed E-state index contributed by atoms with van der Waals surface area (Å²) >= 11 is 0. The van der Waals surface area contributed by atoms with Gasteiger partial charge in [-0.1, -0.05) is 11.8 Å². The third-order valence-electron chi connectivity index (χ3n) is 7.31. The van der Waals surface area contributed by atoms with Gasteiger partial charge in [-0.05, 0) is 37.1 Å². The number of H-pyrrole nitrogens is 1. The molecule has 3 saturated heterocycles. The van der Waals surface area contributed by atoms with Crippen LogP contribution in [0.5, 0.6) is 11.5 Å². The van der Waals surface area contributed by atoms with Gasteiger partial charge in [0, 0.05) is 53.3 Å². The maximum Gasteiger partial charge on any atom is 0.161 e. The summed E-state index contributed by atoms with van der Waals surface area (Å²) < 4.78 is 22.8. The lowest BCUT2D eigenvalue weighted by molar-refractivity contribution is -0.0803. The minimum absolute atomic E-state index is 0.0529. The van der Waals surface area contributed by atoms with Gasteiger partial charge in [0.2, 0.25) is 0 Å². The number of aliphatic hydroxyl groups excluding tert-OH is 1. The van der Waals surface area contributed by atoms with Gasteiger partial charge in [-0.2, -0.15) is 0 Å². The molecule has 5 heterocycles. The molecule has 188 valence electrons. The fourth-order valence-electron chi connectivity index (χ4n) is 5.36. The van der Waals surface area contributed by atoms with E-state index in [2.05, 4.69) is 33.9 Å². The van der Waals surface area contributed by atoms with Crippen molar-refractivity contribution in [2.24, 2.45) is 0 Å². The lowest BCUT2D eigenvalue weighted by Crippen LogP contribution is -2.45. The van der Waals surface area contributed by atoms with Crippen LogP contribution in [-0.4, -0.2) is 78.3 Å². The number of hydrogen-bond donors (Lipinski definition) is 2. The van der Waals surface area contributed by atoms with Crippen LogP contribution < -0.4 is 9.47 Å². The molecule has 2 unspecified atom stereocenters. The highest BCUT2D eigenvalue weighted by atomic mass is 16.6. The van der Waals surface area contributed by atoms with Crippen LogP contribution in [0.2, 0.25) is 0 Å². The Morgan fingerprint density at radius 1 is 1.11 bits per heavy atom. The zero-order valence-electron chi connectivity index (χ0n) is 20.5. The van der Waals surface area contributed by atoms with E-state index in [0.717, 1.165) is 53.4 Å². The van der Waals surface area contributed by atoms with Crippen LogP contribution in [0.25, 0.3) is 22.3 Å². The number of aliphatic hydroxyl groups is 1. The van der Waals surface area contributed by atoms with E-state index in [9.17, 15) is 0 Å². The predicted octanol–water partition coefficient (Wildman–Crippen LogP) is 3.11. The molecule has 1 aromatic carbocycles. The summed E-state index contributed by atoms with van der Waals surface area (Å²) in [4.78, 5) is 10.9. The summed E-state index contributed by atoms with van der Waals surface area (Å²) in [5.41, 5.74) is 4.92. The normalized spacial score (nSPS) is 21.7. The Morgan fingerprint density at radius 3 is 2.64 bits per heavy atom. The number of benzene rings is 1. The second-order valence-electron chi connectivity index (χ2n) is 9.61. The van der Waals surface area contributed by atoms with Crippen molar-refractivity contribution in [1.82, 2.24) is 14.9 Å². The molecule has 3 aromatic rings. The molecule has 0 aliphatic carbocycles. The van der Waals surface area contributed by atoms with Crippen LogP contribution in [0.4, 0.5) is 0 Å². The van der Waals surface area contributed by atoms with Crippen molar-refractivity contribution in [3.63, 3.8) is 0 Å².